The summed E-state index contributed by atoms with van der Waals surface area (Å²) in [6.45, 7) is 8.11. The fourth-order valence-electron chi connectivity index (χ4n) is 4.55. The number of non-ortho nitro benzene ring substituents is 1. The van der Waals surface area contributed by atoms with Crippen molar-refractivity contribution in [2.75, 3.05) is 26.2 Å². The molecule has 0 unspecified atom stereocenters. The summed E-state index contributed by atoms with van der Waals surface area (Å²) in [5.41, 5.74) is 1.76. The van der Waals surface area contributed by atoms with E-state index < -0.39 is 22.7 Å². The van der Waals surface area contributed by atoms with Gasteiger partial charge in [-0.25, -0.2) is 4.98 Å². The molecule has 0 saturated carbocycles. The lowest BCUT2D eigenvalue weighted by atomic mass is 9.96. The molecule has 182 valence electrons. The Bertz CT molecular complexity index is 1320. The number of hydrogen-bond acceptors (Lipinski definition) is 7. The number of aromatic nitrogens is 2. The van der Waals surface area contributed by atoms with E-state index in [9.17, 15) is 24.8 Å². The van der Waals surface area contributed by atoms with E-state index in [1.54, 1.807) is 29.7 Å². The molecular weight excluding hydrogens is 450 g/mol. The van der Waals surface area contributed by atoms with Crippen LogP contribution < -0.4 is 0 Å². The highest BCUT2D eigenvalue weighted by Gasteiger charge is 2.46. The number of amides is 1. The maximum Gasteiger partial charge on any atom is 0.295 e. The predicted molar refractivity (Wildman–Crippen MR) is 130 cm³/mol. The van der Waals surface area contributed by atoms with Gasteiger partial charge in [0.1, 0.15) is 11.3 Å². The number of carbonyl (C=O) groups is 2. The quantitative estimate of drug-likeness (QED) is 0.174. The largest absolute Gasteiger partial charge is 0.505 e. The Morgan fingerprint density at radius 1 is 1.14 bits per heavy atom. The van der Waals surface area contributed by atoms with Gasteiger partial charge in [0, 0.05) is 31.4 Å². The second-order valence-corrected chi connectivity index (χ2v) is 8.34. The zero-order chi connectivity index (χ0) is 25.3. The minimum absolute atomic E-state index is 0.0582. The van der Waals surface area contributed by atoms with Gasteiger partial charge >= 0.3 is 0 Å². The lowest BCUT2D eigenvalue weighted by Gasteiger charge is -2.28. The van der Waals surface area contributed by atoms with Crippen molar-refractivity contribution in [1.82, 2.24) is 19.2 Å². The smallest absolute Gasteiger partial charge is 0.295 e. The number of nitro groups is 1. The third kappa shape index (κ3) is 4.28. The molecule has 3 aromatic rings. The molecule has 0 bridgehead atoms. The van der Waals surface area contributed by atoms with Crippen molar-refractivity contribution in [3.63, 3.8) is 0 Å². The number of Topliss-reactive ketones (excluding diaryl/α,β-unsaturated/α-hetero) is 1. The molecule has 1 aliphatic rings. The normalized spacial score (nSPS) is 17.6. The van der Waals surface area contributed by atoms with E-state index in [2.05, 4.69) is 9.88 Å². The van der Waals surface area contributed by atoms with Crippen LogP contribution in [-0.2, 0) is 9.59 Å². The summed E-state index contributed by atoms with van der Waals surface area (Å²) in [5.74, 6) is -1.84. The number of nitro benzene ring substituents is 1. The molecule has 1 aliphatic heterocycles. The van der Waals surface area contributed by atoms with Crippen LogP contribution in [0.5, 0.6) is 0 Å². The molecule has 1 saturated heterocycles. The van der Waals surface area contributed by atoms with Crippen molar-refractivity contribution in [3.05, 3.63) is 81.3 Å². The van der Waals surface area contributed by atoms with E-state index in [1.807, 2.05) is 19.9 Å². The van der Waals surface area contributed by atoms with Crippen molar-refractivity contribution in [2.24, 2.45) is 0 Å². The summed E-state index contributed by atoms with van der Waals surface area (Å²) in [7, 11) is 0. The summed E-state index contributed by atoms with van der Waals surface area (Å²) in [6, 6.07) is 10.2. The Morgan fingerprint density at radius 3 is 2.46 bits per heavy atom. The fourth-order valence-corrected chi connectivity index (χ4v) is 4.55. The standard InChI is InChI=1S/C25H27N5O5/c1-4-27(5-2)14-15-29-22(17-9-11-18(12-10-17)30(34)35)20(24(32)25(29)33)23(31)21-16(3)26-19-8-6-7-13-28(19)21/h6-13,22,31H,4-5,14-15H2,1-3H3/t22-/m1/s1. The first-order valence-electron chi connectivity index (χ1n) is 11.5. The average Bonchev–Trinajstić information content (AvgIpc) is 3.32. The molecule has 1 N–H and O–H groups in total. The number of hydrogen-bond donors (Lipinski definition) is 1. The number of likely N-dealkylation sites (N-methyl/N-ethyl adjacent to an activating group) is 1. The lowest BCUT2D eigenvalue weighted by Crippen LogP contribution is -2.38. The zero-order valence-electron chi connectivity index (χ0n) is 19.8. The Kier molecular flexibility index (Phi) is 6.65. The number of ketones is 1. The Balaban J connectivity index is 1.88. The van der Waals surface area contributed by atoms with Crippen LogP contribution in [0.3, 0.4) is 0 Å². The van der Waals surface area contributed by atoms with Crippen LogP contribution in [0.2, 0.25) is 0 Å². The molecule has 10 heteroatoms. The molecule has 2 aromatic heterocycles. The molecule has 10 nitrogen and oxygen atoms in total. The summed E-state index contributed by atoms with van der Waals surface area (Å²) < 4.78 is 1.67. The molecule has 0 aliphatic carbocycles. The molecule has 4 rings (SSSR count). The maximum absolute atomic E-state index is 13.3. The third-order valence-corrected chi connectivity index (χ3v) is 6.44. The Morgan fingerprint density at radius 2 is 1.83 bits per heavy atom. The van der Waals surface area contributed by atoms with Crippen LogP contribution in [0.25, 0.3) is 11.4 Å². The molecule has 35 heavy (non-hydrogen) atoms. The monoisotopic (exact) mass is 477 g/mol. The minimum atomic E-state index is -0.889. The van der Waals surface area contributed by atoms with Gasteiger partial charge in [-0.15, -0.1) is 0 Å². The number of benzene rings is 1. The maximum atomic E-state index is 13.3. The molecule has 0 spiro atoms. The van der Waals surface area contributed by atoms with Crippen LogP contribution in [0, 0.1) is 17.0 Å². The van der Waals surface area contributed by atoms with E-state index >= 15 is 0 Å². The highest BCUT2D eigenvalue weighted by Crippen LogP contribution is 2.40. The van der Waals surface area contributed by atoms with Gasteiger partial charge in [-0.1, -0.05) is 19.9 Å². The van der Waals surface area contributed by atoms with Gasteiger partial charge in [-0.05, 0) is 49.8 Å². The number of fused-ring (bicyclic) bond motifs is 1. The summed E-state index contributed by atoms with van der Waals surface area (Å²) in [5, 5.41) is 22.6. The van der Waals surface area contributed by atoms with Gasteiger partial charge in [0.15, 0.2) is 5.76 Å². The zero-order valence-corrected chi connectivity index (χ0v) is 19.8. The molecule has 1 aromatic carbocycles. The number of aliphatic hydroxyl groups is 1. The van der Waals surface area contributed by atoms with E-state index in [-0.39, 0.29) is 23.6 Å². The van der Waals surface area contributed by atoms with E-state index in [0.717, 1.165) is 13.1 Å². The number of aryl methyl sites for hydroxylation is 1. The number of pyridine rings is 1. The first-order chi connectivity index (χ1) is 16.8. The second-order valence-electron chi connectivity index (χ2n) is 8.34. The van der Waals surface area contributed by atoms with Crippen LogP contribution in [0.15, 0.2) is 54.2 Å². The second kappa shape index (κ2) is 9.67. The lowest BCUT2D eigenvalue weighted by molar-refractivity contribution is -0.384. The van der Waals surface area contributed by atoms with E-state index in [1.165, 1.54) is 29.2 Å². The van der Waals surface area contributed by atoms with Crippen LogP contribution >= 0.6 is 0 Å². The van der Waals surface area contributed by atoms with Gasteiger partial charge in [-0.3, -0.25) is 24.1 Å². The van der Waals surface area contributed by atoms with Gasteiger partial charge < -0.3 is 14.9 Å². The minimum Gasteiger partial charge on any atom is -0.505 e. The summed E-state index contributed by atoms with van der Waals surface area (Å²) in [6.07, 6.45) is 1.72. The molecule has 1 atom stereocenters. The summed E-state index contributed by atoms with van der Waals surface area (Å²) in [4.78, 5) is 45.1. The topological polar surface area (TPSA) is 121 Å². The van der Waals surface area contributed by atoms with Crippen LogP contribution in [0.1, 0.15) is 36.8 Å². The van der Waals surface area contributed by atoms with Gasteiger partial charge in [-0.2, -0.15) is 0 Å². The van der Waals surface area contributed by atoms with Crippen molar-refractivity contribution in [2.45, 2.75) is 26.8 Å². The molecule has 1 fully saturated rings. The van der Waals surface area contributed by atoms with Crippen molar-refractivity contribution in [3.8, 4) is 0 Å². The van der Waals surface area contributed by atoms with Crippen molar-refractivity contribution < 1.29 is 19.6 Å². The van der Waals surface area contributed by atoms with E-state index in [0.29, 0.717) is 29.1 Å². The van der Waals surface area contributed by atoms with Gasteiger partial charge in [0.25, 0.3) is 17.4 Å². The van der Waals surface area contributed by atoms with Gasteiger partial charge in [0.2, 0.25) is 0 Å². The SMILES string of the molecule is CCN(CC)CCN1C(=O)C(=O)C(=C(O)c2c(C)nc3ccccn23)[C@H]1c1ccc([N+](=O)[O-])cc1. The van der Waals surface area contributed by atoms with Crippen LogP contribution in [0.4, 0.5) is 5.69 Å². The Hall–Kier alpha value is -4.05. The third-order valence-electron chi connectivity index (χ3n) is 6.44. The predicted octanol–water partition coefficient (Wildman–Crippen LogP) is 3.31. The summed E-state index contributed by atoms with van der Waals surface area (Å²) >= 11 is 0. The number of aliphatic hydroxyl groups excluding tert-OH is 1. The first-order valence-corrected chi connectivity index (χ1v) is 11.5. The highest BCUT2D eigenvalue weighted by molar-refractivity contribution is 6.46. The van der Waals surface area contributed by atoms with Crippen molar-refractivity contribution in [1.29, 1.82) is 0 Å². The fraction of sp³-hybridized carbons (Fsp3) is 0.320. The number of carbonyl (C=O) groups excluding carboxylic acids is 2. The van der Waals surface area contributed by atoms with E-state index in [4.69, 9.17) is 0 Å². The van der Waals surface area contributed by atoms with Crippen molar-refractivity contribution >= 4 is 28.8 Å². The molecule has 0 radical (unpaired) electrons. The molecular formula is C25H27N5O5. The number of likely N-dealkylation sites (tertiary alicyclic amines) is 1. The van der Waals surface area contributed by atoms with Gasteiger partial charge in [0.05, 0.1) is 22.2 Å². The highest BCUT2D eigenvalue weighted by atomic mass is 16.6. The number of imidazole rings is 1. The average molecular weight is 478 g/mol. The molecule has 1 amide bonds. The Labute approximate surface area is 202 Å². The number of nitrogens with zero attached hydrogens (tertiary/aromatic N) is 5. The van der Waals surface area contributed by atoms with Crippen LogP contribution in [-0.4, -0.2) is 67.1 Å². The molecule has 3 heterocycles. The number of rotatable bonds is 8. The first kappa shape index (κ1) is 24.1.